The molecule has 0 spiro atoms. The first-order valence-electron chi connectivity index (χ1n) is 7.94. The van der Waals surface area contributed by atoms with E-state index >= 15 is 0 Å². The molecular weight excluding hydrogens is 353 g/mol. The third kappa shape index (κ3) is 3.41. The molecular formula is C17H21Cl2NO4. The van der Waals surface area contributed by atoms with E-state index in [2.05, 4.69) is 5.32 Å². The summed E-state index contributed by atoms with van der Waals surface area (Å²) in [5.41, 5.74) is 1.00. The van der Waals surface area contributed by atoms with E-state index in [-0.39, 0.29) is 42.8 Å². The molecule has 3 unspecified atom stereocenters. The number of nitrogens with one attached hydrogen (secondary N) is 1. The normalized spacial score (nSPS) is 31.9. The van der Waals surface area contributed by atoms with Gasteiger partial charge in [-0.1, -0.05) is 29.3 Å². The van der Waals surface area contributed by atoms with Crippen LogP contribution >= 0.6 is 23.2 Å². The predicted octanol–water partition coefficient (Wildman–Crippen LogP) is 2.99. The third-order valence-corrected chi connectivity index (χ3v) is 5.72. The number of rotatable bonds is 5. The van der Waals surface area contributed by atoms with Crippen molar-refractivity contribution in [1.29, 1.82) is 0 Å². The van der Waals surface area contributed by atoms with Crippen molar-refractivity contribution in [2.45, 2.75) is 36.9 Å². The Balaban J connectivity index is 1.88. The van der Waals surface area contributed by atoms with Crippen LogP contribution in [-0.4, -0.2) is 45.2 Å². The molecule has 0 saturated carbocycles. The van der Waals surface area contributed by atoms with Gasteiger partial charge in [0.1, 0.15) is 6.79 Å². The van der Waals surface area contributed by atoms with Crippen molar-refractivity contribution in [2.75, 3.05) is 21.0 Å². The molecule has 0 amide bonds. The lowest BCUT2D eigenvalue weighted by Crippen LogP contribution is -2.49. The Bertz CT molecular complexity index is 612. The lowest BCUT2D eigenvalue weighted by molar-refractivity contribution is -0.148. The van der Waals surface area contributed by atoms with Crippen LogP contribution in [0.5, 0.6) is 0 Å². The fourth-order valence-corrected chi connectivity index (χ4v) is 4.23. The maximum Gasteiger partial charge on any atom is 0.310 e. The van der Waals surface area contributed by atoms with Crippen LogP contribution in [0.1, 0.15) is 24.3 Å². The fourth-order valence-electron chi connectivity index (χ4n) is 3.93. The zero-order valence-electron chi connectivity index (χ0n) is 13.6. The molecule has 3 rings (SSSR count). The lowest BCUT2D eigenvalue weighted by atomic mass is 9.77. The highest BCUT2D eigenvalue weighted by molar-refractivity contribution is 6.42. The van der Waals surface area contributed by atoms with Crippen molar-refractivity contribution < 1.29 is 19.0 Å². The minimum atomic E-state index is -0.278. The first-order chi connectivity index (χ1) is 11.5. The van der Waals surface area contributed by atoms with Gasteiger partial charge in [-0.2, -0.15) is 0 Å². The van der Waals surface area contributed by atoms with Crippen molar-refractivity contribution in [3.8, 4) is 0 Å². The minimum absolute atomic E-state index is 0.0116. The molecule has 132 valence electrons. The number of benzene rings is 1. The van der Waals surface area contributed by atoms with Gasteiger partial charge in [0.05, 0.1) is 29.2 Å². The summed E-state index contributed by atoms with van der Waals surface area (Å²) < 4.78 is 15.8. The van der Waals surface area contributed by atoms with Gasteiger partial charge in [0.25, 0.3) is 0 Å². The van der Waals surface area contributed by atoms with E-state index in [0.29, 0.717) is 10.0 Å². The molecule has 0 aromatic heterocycles. The smallest absolute Gasteiger partial charge is 0.310 e. The quantitative estimate of drug-likeness (QED) is 0.634. The topological polar surface area (TPSA) is 56.8 Å². The van der Waals surface area contributed by atoms with Crippen LogP contribution in [-0.2, 0) is 19.0 Å². The third-order valence-electron chi connectivity index (χ3n) is 4.98. The Labute approximate surface area is 151 Å². The number of ether oxygens (including phenoxy) is 3. The first-order valence-corrected chi connectivity index (χ1v) is 8.70. The van der Waals surface area contributed by atoms with Crippen molar-refractivity contribution in [2.24, 2.45) is 5.92 Å². The van der Waals surface area contributed by atoms with Gasteiger partial charge in [0.2, 0.25) is 0 Å². The monoisotopic (exact) mass is 373 g/mol. The molecule has 2 aliphatic rings. The zero-order valence-corrected chi connectivity index (χ0v) is 15.1. The van der Waals surface area contributed by atoms with Crippen molar-refractivity contribution in [3.05, 3.63) is 33.8 Å². The molecule has 2 saturated heterocycles. The summed E-state index contributed by atoms with van der Waals surface area (Å²) >= 11 is 12.2. The number of fused-ring (bicyclic) bond motifs is 2. The van der Waals surface area contributed by atoms with Crippen LogP contribution in [0, 0.1) is 5.92 Å². The van der Waals surface area contributed by atoms with Crippen LogP contribution in [0.2, 0.25) is 10.0 Å². The molecule has 0 radical (unpaired) electrons. The molecule has 5 atom stereocenters. The van der Waals surface area contributed by atoms with Gasteiger partial charge in [-0.15, -0.1) is 0 Å². The summed E-state index contributed by atoms with van der Waals surface area (Å²) in [5.74, 6) is -0.478. The van der Waals surface area contributed by atoms with E-state index < -0.39 is 0 Å². The summed E-state index contributed by atoms with van der Waals surface area (Å²) in [6, 6.07) is 5.74. The molecule has 2 aliphatic heterocycles. The van der Waals surface area contributed by atoms with Gasteiger partial charge in [-0.3, -0.25) is 4.79 Å². The molecule has 2 heterocycles. The number of halogens is 2. The maximum atomic E-state index is 12.4. The Morgan fingerprint density at radius 3 is 2.67 bits per heavy atom. The lowest BCUT2D eigenvalue weighted by Gasteiger charge is -2.36. The average molecular weight is 374 g/mol. The number of methoxy groups -OCH3 is 2. The fraction of sp³-hybridized carbons (Fsp3) is 0.588. The number of carbonyl (C=O) groups excluding carboxylic acids is 1. The van der Waals surface area contributed by atoms with Crippen LogP contribution in [0.3, 0.4) is 0 Å². The number of carbonyl (C=O) groups is 1. The van der Waals surface area contributed by atoms with E-state index in [1.807, 2.05) is 12.1 Å². The molecule has 5 nitrogen and oxygen atoms in total. The highest BCUT2D eigenvalue weighted by Gasteiger charge is 2.50. The molecule has 7 heteroatoms. The Kier molecular flexibility index (Phi) is 5.67. The summed E-state index contributed by atoms with van der Waals surface area (Å²) in [6.07, 6.45) is 1.55. The van der Waals surface area contributed by atoms with Gasteiger partial charge in [0.15, 0.2) is 0 Å². The van der Waals surface area contributed by atoms with Crippen molar-refractivity contribution >= 4 is 29.2 Å². The molecule has 24 heavy (non-hydrogen) atoms. The highest BCUT2D eigenvalue weighted by atomic mass is 35.5. The molecule has 1 N–H and O–H groups in total. The van der Waals surface area contributed by atoms with Gasteiger partial charge in [0, 0.05) is 25.1 Å². The van der Waals surface area contributed by atoms with Crippen LogP contribution in [0.15, 0.2) is 18.2 Å². The Hall–Kier alpha value is -0.850. The van der Waals surface area contributed by atoms with E-state index in [1.165, 1.54) is 7.11 Å². The summed E-state index contributed by atoms with van der Waals surface area (Å²) in [4.78, 5) is 12.4. The molecule has 1 aromatic rings. The van der Waals surface area contributed by atoms with Crippen molar-refractivity contribution in [3.63, 3.8) is 0 Å². The van der Waals surface area contributed by atoms with Gasteiger partial charge >= 0.3 is 5.97 Å². The van der Waals surface area contributed by atoms with E-state index in [1.54, 1.807) is 13.2 Å². The Morgan fingerprint density at radius 1 is 1.21 bits per heavy atom. The summed E-state index contributed by atoms with van der Waals surface area (Å²) in [7, 11) is 3.03. The number of hydrogen-bond donors (Lipinski definition) is 1. The van der Waals surface area contributed by atoms with Gasteiger partial charge in [-0.25, -0.2) is 0 Å². The molecule has 2 bridgehead atoms. The van der Waals surface area contributed by atoms with Crippen molar-refractivity contribution in [1.82, 2.24) is 5.32 Å². The van der Waals surface area contributed by atoms with Crippen LogP contribution in [0.4, 0.5) is 0 Å². The number of hydrogen-bond acceptors (Lipinski definition) is 5. The largest absolute Gasteiger partial charge is 0.469 e. The van der Waals surface area contributed by atoms with Gasteiger partial charge in [-0.05, 0) is 30.5 Å². The average Bonchev–Trinajstić information content (AvgIpc) is 2.90. The summed E-state index contributed by atoms with van der Waals surface area (Å²) in [6.45, 7) is 0.246. The van der Waals surface area contributed by atoms with E-state index in [0.717, 1.165) is 18.4 Å². The highest BCUT2D eigenvalue weighted by Crippen LogP contribution is 2.44. The standard InChI is InChI=1S/C17H21Cl2NO4/c1-22-8-24-15-7-14-16(17(21)23-2)10(6-13(15)20-14)9-3-4-11(18)12(19)5-9/h3-5,10,13-16,20H,6-8H2,1-2H3/t10-,13?,14?,15?,16-/m0/s1. The summed E-state index contributed by atoms with van der Waals surface area (Å²) in [5, 5.41) is 4.50. The second-order valence-corrected chi connectivity index (χ2v) is 7.11. The van der Waals surface area contributed by atoms with E-state index in [4.69, 9.17) is 37.4 Å². The predicted molar refractivity (Wildman–Crippen MR) is 91.4 cm³/mol. The SMILES string of the molecule is COCOC1CC2NC1C[C@@H](c1ccc(Cl)c(Cl)c1)[C@@H]2C(=O)OC. The molecule has 0 aliphatic carbocycles. The van der Waals surface area contributed by atoms with Crippen LogP contribution < -0.4 is 5.32 Å². The van der Waals surface area contributed by atoms with Gasteiger partial charge < -0.3 is 19.5 Å². The number of esters is 1. The second-order valence-electron chi connectivity index (χ2n) is 6.29. The minimum Gasteiger partial charge on any atom is -0.469 e. The molecule has 2 fully saturated rings. The number of piperidine rings is 1. The maximum absolute atomic E-state index is 12.4. The van der Waals surface area contributed by atoms with E-state index in [9.17, 15) is 4.79 Å². The zero-order chi connectivity index (χ0) is 17.3. The Morgan fingerprint density at radius 2 is 2.00 bits per heavy atom. The first kappa shape index (κ1) is 18.0. The second kappa shape index (κ2) is 7.58. The molecule has 1 aromatic carbocycles. The van der Waals surface area contributed by atoms with Crippen LogP contribution in [0.25, 0.3) is 0 Å².